The molecule has 2 rings (SSSR count). The van der Waals surface area contributed by atoms with Crippen LogP contribution in [0.2, 0.25) is 0 Å². The fourth-order valence-electron chi connectivity index (χ4n) is 1.49. The molecule has 2 aromatic rings. The van der Waals surface area contributed by atoms with Crippen LogP contribution in [0, 0.1) is 0 Å². The summed E-state index contributed by atoms with van der Waals surface area (Å²) in [7, 11) is 3.39. The second-order valence-electron chi connectivity index (χ2n) is 3.16. The number of fused-ring (bicyclic) bond motifs is 1. The molecule has 0 aliphatic heterocycles. The van der Waals surface area contributed by atoms with Gasteiger partial charge in [0.1, 0.15) is 5.75 Å². The quantitative estimate of drug-likeness (QED) is 0.681. The van der Waals surface area contributed by atoms with Gasteiger partial charge in [-0.2, -0.15) is 0 Å². The van der Waals surface area contributed by atoms with Gasteiger partial charge in [0.2, 0.25) is 0 Å². The number of methoxy groups -OCH3 is 1. The van der Waals surface area contributed by atoms with Gasteiger partial charge in [0.15, 0.2) is 0 Å². The van der Waals surface area contributed by atoms with Gasteiger partial charge in [-0.3, -0.25) is 4.79 Å². The first-order valence-corrected chi connectivity index (χ1v) is 4.36. The number of rotatable bonds is 1. The number of pyridine rings is 1. The van der Waals surface area contributed by atoms with Crippen molar-refractivity contribution in [1.29, 1.82) is 0 Å². The van der Waals surface area contributed by atoms with Gasteiger partial charge in [-0.25, -0.2) is 0 Å². The Hall–Kier alpha value is -1.77. The van der Waals surface area contributed by atoms with Crippen LogP contribution in [0.1, 0.15) is 0 Å². The van der Waals surface area contributed by atoms with Crippen LogP contribution in [0.5, 0.6) is 5.75 Å². The maximum absolute atomic E-state index is 11.3. The Morgan fingerprint density at radius 3 is 2.71 bits per heavy atom. The van der Waals surface area contributed by atoms with Gasteiger partial charge in [0.25, 0.3) is 5.56 Å². The second-order valence-corrected chi connectivity index (χ2v) is 3.16. The first-order chi connectivity index (χ1) is 6.72. The fraction of sp³-hybridized carbons (Fsp3) is 0.182. The largest absolute Gasteiger partial charge is 0.497 e. The zero-order valence-corrected chi connectivity index (χ0v) is 8.15. The SMILES string of the molecule is COc1ccc2c(ccc(=O)n2C)c1. The zero-order chi connectivity index (χ0) is 10.1. The van der Waals surface area contributed by atoms with E-state index in [1.807, 2.05) is 18.2 Å². The number of benzene rings is 1. The third-order valence-electron chi connectivity index (χ3n) is 2.33. The van der Waals surface area contributed by atoms with E-state index in [0.717, 1.165) is 16.7 Å². The summed E-state index contributed by atoms with van der Waals surface area (Å²) in [6.45, 7) is 0. The average molecular weight is 189 g/mol. The molecule has 0 amide bonds. The zero-order valence-electron chi connectivity index (χ0n) is 8.15. The maximum atomic E-state index is 11.3. The predicted molar refractivity (Wildman–Crippen MR) is 55.7 cm³/mol. The molecular formula is C11H11NO2. The highest BCUT2D eigenvalue weighted by Crippen LogP contribution is 2.18. The third kappa shape index (κ3) is 1.27. The molecule has 0 saturated carbocycles. The number of aryl methyl sites for hydroxylation is 1. The highest BCUT2D eigenvalue weighted by Gasteiger charge is 1.99. The molecule has 0 unspecified atom stereocenters. The molecule has 0 atom stereocenters. The topological polar surface area (TPSA) is 31.2 Å². The third-order valence-corrected chi connectivity index (χ3v) is 2.33. The van der Waals surface area contributed by atoms with Gasteiger partial charge in [0.05, 0.1) is 12.6 Å². The first kappa shape index (κ1) is 8.81. The minimum atomic E-state index is 0.00247. The summed E-state index contributed by atoms with van der Waals surface area (Å²) in [5.41, 5.74) is 0.918. The van der Waals surface area contributed by atoms with Crippen molar-refractivity contribution in [1.82, 2.24) is 4.57 Å². The lowest BCUT2D eigenvalue weighted by molar-refractivity contribution is 0.415. The van der Waals surface area contributed by atoms with Crippen molar-refractivity contribution >= 4 is 10.9 Å². The van der Waals surface area contributed by atoms with E-state index in [-0.39, 0.29) is 5.56 Å². The summed E-state index contributed by atoms with van der Waals surface area (Å²) in [4.78, 5) is 11.3. The van der Waals surface area contributed by atoms with Gasteiger partial charge in [-0.15, -0.1) is 0 Å². The van der Waals surface area contributed by atoms with E-state index in [1.54, 1.807) is 30.9 Å². The van der Waals surface area contributed by atoms with Crippen LogP contribution in [0.15, 0.2) is 35.1 Å². The number of hydrogen-bond donors (Lipinski definition) is 0. The van der Waals surface area contributed by atoms with Crippen LogP contribution in [0.3, 0.4) is 0 Å². The Kier molecular flexibility index (Phi) is 2.00. The van der Waals surface area contributed by atoms with Crippen molar-refractivity contribution in [3.8, 4) is 5.75 Å². The summed E-state index contributed by atoms with van der Waals surface area (Å²) < 4.78 is 6.72. The molecule has 0 aliphatic rings. The molecule has 0 radical (unpaired) electrons. The number of nitrogens with zero attached hydrogens (tertiary/aromatic N) is 1. The van der Waals surface area contributed by atoms with Crippen molar-refractivity contribution in [2.24, 2.45) is 7.05 Å². The predicted octanol–water partition coefficient (Wildman–Crippen LogP) is 1.55. The fourth-order valence-corrected chi connectivity index (χ4v) is 1.49. The molecule has 0 saturated heterocycles. The van der Waals surface area contributed by atoms with Crippen LogP contribution in [0.25, 0.3) is 10.9 Å². The van der Waals surface area contributed by atoms with Gasteiger partial charge in [0, 0.05) is 18.5 Å². The van der Waals surface area contributed by atoms with Crippen LogP contribution in [0.4, 0.5) is 0 Å². The van der Waals surface area contributed by atoms with Crippen molar-refractivity contribution < 1.29 is 4.74 Å². The van der Waals surface area contributed by atoms with E-state index in [2.05, 4.69) is 0 Å². The van der Waals surface area contributed by atoms with Gasteiger partial charge in [-0.1, -0.05) is 0 Å². The van der Waals surface area contributed by atoms with Gasteiger partial charge < -0.3 is 9.30 Å². The lowest BCUT2D eigenvalue weighted by atomic mass is 10.2. The second kappa shape index (κ2) is 3.18. The van der Waals surface area contributed by atoms with E-state index in [4.69, 9.17) is 4.74 Å². The summed E-state index contributed by atoms with van der Waals surface area (Å²) >= 11 is 0. The van der Waals surface area contributed by atoms with E-state index in [1.165, 1.54) is 0 Å². The Morgan fingerprint density at radius 1 is 1.21 bits per heavy atom. The molecule has 1 heterocycles. The highest BCUT2D eigenvalue weighted by atomic mass is 16.5. The summed E-state index contributed by atoms with van der Waals surface area (Å²) in [5.74, 6) is 0.802. The van der Waals surface area contributed by atoms with E-state index >= 15 is 0 Å². The molecule has 3 nitrogen and oxygen atoms in total. The summed E-state index contributed by atoms with van der Waals surface area (Å²) in [5, 5.41) is 1.01. The minimum Gasteiger partial charge on any atom is -0.497 e. The number of aromatic nitrogens is 1. The Balaban J connectivity index is 2.81. The summed E-state index contributed by atoms with van der Waals surface area (Å²) in [6, 6.07) is 9.01. The van der Waals surface area contributed by atoms with Crippen molar-refractivity contribution in [3.05, 3.63) is 40.7 Å². The molecule has 72 valence electrons. The number of ether oxygens (including phenoxy) is 1. The molecule has 3 heteroatoms. The smallest absolute Gasteiger partial charge is 0.250 e. The maximum Gasteiger partial charge on any atom is 0.250 e. The lowest BCUT2D eigenvalue weighted by Crippen LogP contribution is -2.14. The van der Waals surface area contributed by atoms with Crippen molar-refractivity contribution in [2.45, 2.75) is 0 Å². The molecule has 14 heavy (non-hydrogen) atoms. The number of hydrogen-bond acceptors (Lipinski definition) is 2. The molecular weight excluding hydrogens is 178 g/mol. The van der Waals surface area contributed by atoms with Crippen LogP contribution >= 0.6 is 0 Å². The Labute approximate surface area is 81.5 Å². The van der Waals surface area contributed by atoms with Crippen molar-refractivity contribution in [3.63, 3.8) is 0 Å². The highest BCUT2D eigenvalue weighted by molar-refractivity contribution is 5.80. The van der Waals surface area contributed by atoms with E-state index in [9.17, 15) is 4.79 Å². The molecule has 1 aromatic carbocycles. The van der Waals surface area contributed by atoms with Gasteiger partial charge in [-0.05, 0) is 24.3 Å². The Morgan fingerprint density at radius 2 is 2.00 bits per heavy atom. The first-order valence-electron chi connectivity index (χ1n) is 4.36. The van der Waals surface area contributed by atoms with Crippen LogP contribution in [-0.4, -0.2) is 11.7 Å². The monoisotopic (exact) mass is 189 g/mol. The minimum absolute atomic E-state index is 0.00247. The van der Waals surface area contributed by atoms with E-state index in [0.29, 0.717) is 0 Å². The molecule has 1 aromatic heterocycles. The lowest BCUT2D eigenvalue weighted by Gasteiger charge is -2.05. The van der Waals surface area contributed by atoms with Crippen molar-refractivity contribution in [2.75, 3.05) is 7.11 Å². The standard InChI is InChI=1S/C11H11NO2/c1-12-10-5-4-9(14-2)7-8(10)3-6-11(12)13/h3-7H,1-2H3. The van der Waals surface area contributed by atoms with Gasteiger partial charge >= 0.3 is 0 Å². The molecule has 0 bridgehead atoms. The summed E-state index contributed by atoms with van der Waals surface area (Å²) in [6.07, 6.45) is 0. The normalized spacial score (nSPS) is 10.4. The van der Waals surface area contributed by atoms with Crippen LogP contribution in [-0.2, 0) is 7.05 Å². The Bertz CT molecular complexity index is 528. The van der Waals surface area contributed by atoms with E-state index < -0.39 is 0 Å². The molecule has 0 aliphatic carbocycles. The molecule has 0 N–H and O–H groups in total. The molecule has 0 spiro atoms. The van der Waals surface area contributed by atoms with Crippen LogP contribution < -0.4 is 10.3 Å². The average Bonchev–Trinajstić information content (AvgIpc) is 2.23. The molecule has 0 fully saturated rings.